The van der Waals surface area contributed by atoms with E-state index < -0.39 is 11.7 Å². The minimum absolute atomic E-state index is 0.245. The maximum Gasteiger partial charge on any atom is 0.306 e. The Bertz CT molecular complexity index is 473. The fourth-order valence-electron chi connectivity index (χ4n) is 3.29. The molecular weight excluding hydrogens is 324 g/mol. The zero-order chi connectivity index (χ0) is 19.0. The van der Waals surface area contributed by atoms with Crippen LogP contribution in [0.15, 0.2) is 0 Å². The molecular formula is C19H32O6. The van der Waals surface area contributed by atoms with E-state index in [9.17, 15) is 14.4 Å². The molecule has 0 aromatic rings. The average Bonchev–Trinajstić information content (AvgIpc) is 2.56. The first-order valence-corrected chi connectivity index (χ1v) is 9.37. The molecule has 25 heavy (non-hydrogen) atoms. The van der Waals surface area contributed by atoms with Crippen molar-refractivity contribution in [2.24, 2.45) is 5.92 Å². The third-order valence-corrected chi connectivity index (χ3v) is 4.46. The van der Waals surface area contributed by atoms with E-state index in [1.54, 1.807) is 20.8 Å². The zero-order valence-electron chi connectivity index (χ0n) is 16.1. The maximum absolute atomic E-state index is 12.0. The van der Waals surface area contributed by atoms with Crippen LogP contribution in [0.2, 0.25) is 0 Å². The number of rotatable bonds is 8. The van der Waals surface area contributed by atoms with Gasteiger partial charge in [0.25, 0.3) is 0 Å². The quantitative estimate of drug-likeness (QED) is 0.489. The van der Waals surface area contributed by atoms with Crippen molar-refractivity contribution in [3.8, 4) is 0 Å². The Labute approximate surface area is 150 Å². The molecule has 1 fully saturated rings. The Morgan fingerprint density at radius 2 is 1.52 bits per heavy atom. The predicted molar refractivity (Wildman–Crippen MR) is 92.8 cm³/mol. The topological polar surface area (TPSA) is 78.9 Å². The highest BCUT2D eigenvalue weighted by molar-refractivity contribution is 5.71. The normalized spacial score (nSPS) is 26.2. The van der Waals surface area contributed by atoms with Gasteiger partial charge in [-0.3, -0.25) is 14.4 Å². The smallest absolute Gasteiger partial charge is 0.306 e. The van der Waals surface area contributed by atoms with Crippen molar-refractivity contribution in [1.29, 1.82) is 0 Å². The van der Waals surface area contributed by atoms with Gasteiger partial charge in [0.05, 0.1) is 0 Å². The van der Waals surface area contributed by atoms with Crippen molar-refractivity contribution in [3.05, 3.63) is 0 Å². The molecule has 0 saturated heterocycles. The molecule has 0 heterocycles. The second-order valence-electron chi connectivity index (χ2n) is 7.06. The number of carbonyl (C=O) groups is 3. The molecule has 0 aromatic heterocycles. The largest absolute Gasteiger partial charge is 0.462 e. The van der Waals surface area contributed by atoms with Gasteiger partial charge >= 0.3 is 17.9 Å². The first kappa shape index (κ1) is 21.5. The SMILES string of the molecule is CCC(=O)OC1CCC(CC(C)C)(OC(=O)CC)C(OC(=O)CC)C1. The van der Waals surface area contributed by atoms with Crippen LogP contribution < -0.4 is 0 Å². The van der Waals surface area contributed by atoms with Crippen LogP contribution in [0.25, 0.3) is 0 Å². The molecule has 0 N–H and O–H groups in total. The molecule has 0 radical (unpaired) electrons. The Hall–Kier alpha value is -1.59. The van der Waals surface area contributed by atoms with Crippen molar-refractivity contribution >= 4 is 17.9 Å². The second kappa shape index (κ2) is 9.78. The molecule has 6 nitrogen and oxygen atoms in total. The van der Waals surface area contributed by atoms with Gasteiger partial charge in [0.15, 0.2) is 0 Å². The number of hydrogen-bond acceptors (Lipinski definition) is 6. The van der Waals surface area contributed by atoms with Crippen molar-refractivity contribution in [2.75, 3.05) is 0 Å². The predicted octanol–water partition coefficient (Wildman–Crippen LogP) is 3.55. The molecule has 0 aliphatic heterocycles. The van der Waals surface area contributed by atoms with E-state index >= 15 is 0 Å². The third kappa shape index (κ3) is 6.33. The van der Waals surface area contributed by atoms with Gasteiger partial charge in [0, 0.05) is 25.7 Å². The van der Waals surface area contributed by atoms with Crippen molar-refractivity contribution in [1.82, 2.24) is 0 Å². The van der Waals surface area contributed by atoms with Crippen LogP contribution >= 0.6 is 0 Å². The molecule has 144 valence electrons. The fraction of sp³-hybridized carbons (Fsp3) is 0.842. The van der Waals surface area contributed by atoms with Crippen molar-refractivity contribution in [2.45, 2.75) is 97.4 Å². The molecule has 3 atom stereocenters. The molecule has 6 heteroatoms. The average molecular weight is 356 g/mol. The number of esters is 3. The fourth-order valence-corrected chi connectivity index (χ4v) is 3.29. The van der Waals surface area contributed by atoms with Gasteiger partial charge in [-0.2, -0.15) is 0 Å². The lowest BCUT2D eigenvalue weighted by Gasteiger charge is -2.45. The third-order valence-electron chi connectivity index (χ3n) is 4.46. The van der Waals surface area contributed by atoms with Gasteiger partial charge in [0.2, 0.25) is 0 Å². The summed E-state index contributed by atoms with van der Waals surface area (Å²) < 4.78 is 16.9. The molecule has 0 spiro atoms. The number of carbonyl (C=O) groups excluding carboxylic acids is 3. The lowest BCUT2D eigenvalue weighted by atomic mass is 9.75. The van der Waals surface area contributed by atoms with Crippen LogP contribution in [-0.4, -0.2) is 35.7 Å². The van der Waals surface area contributed by atoms with E-state index in [1.807, 2.05) is 13.8 Å². The monoisotopic (exact) mass is 356 g/mol. The summed E-state index contributed by atoms with van der Waals surface area (Å²) in [6, 6.07) is 0. The highest BCUT2D eigenvalue weighted by Crippen LogP contribution is 2.40. The Kier molecular flexibility index (Phi) is 8.39. The van der Waals surface area contributed by atoms with Crippen LogP contribution in [0.4, 0.5) is 0 Å². The van der Waals surface area contributed by atoms with Gasteiger partial charge in [-0.1, -0.05) is 34.6 Å². The Balaban J connectivity index is 3.05. The van der Waals surface area contributed by atoms with Crippen LogP contribution in [-0.2, 0) is 28.6 Å². The summed E-state index contributed by atoms with van der Waals surface area (Å²) in [6.07, 6.45) is 1.98. The summed E-state index contributed by atoms with van der Waals surface area (Å²) in [5.74, 6) is -0.648. The molecule has 0 bridgehead atoms. The molecule has 1 aliphatic rings. The molecule has 0 aromatic carbocycles. The minimum Gasteiger partial charge on any atom is -0.462 e. The van der Waals surface area contributed by atoms with Crippen molar-refractivity contribution in [3.63, 3.8) is 0 Å². The molecule has 3 unspecified atom stereocenters. The van der Waals surface area contributed by atoms with E-state index in [4.69, 9.17) is 14.2 Å². The standard InChI is InChI=1S/C19H32O6/c1-6-16(20)23-14-9-10-19(12-13(4)5,25-18(22)8-3)15(11-14)24-17(21)7-2/h13-15H,6-12H2,1-5H3. The van der Waals surface area contributed by atoms with Crippen LogP contribution in [0, 0.1) is 5.92 Å². The minimum atomic E-state index is -0.846. The summed E-state index contributed by atoms with van der Waals surface area (Å²) in [6.45, 7) is 9.30. The second-order valence-corrected chi connectivity index (χ2v) is 7.06. The van der Waals surface area contributed by atoms with Gasteiger partial charge < -0.3 is 14.2 Å². The van der Waals surface area contributed by atoms with Crippen LogP contribution in [0.1, 0.15) is 79.6 Å². The number of hydrogen-bond donors (Lipinski definition) is 0. The molecule has 1 rings (SSSR count). The summed E-state index contributed by atoms with van der Waals surface area (Å²) in [4.78, 5) is 35.6. The summed E-state index contributed by atoms with van der Waals surface area (Å²) in [5, 5.41) is 0. The van der Waals surface area contributed by atoms with E-state index in [-0.39, 0.29) is 42.8 Å². The van der Waals surface area contributed by atoms with Crippen LogP contribution in [0.5, 0.6) is 0 Å². The van der Waals surface area contributed by atoms with E-state index in [2.05, 4.69) is 0 Å². The summed E-state index contributed by atoms with van der Waals surface area (Å²) in [5.41, 5.74) is -0.846. The van der Waals surface area contributed by atoms with Gasteiger partial charge in [-0.05, 0) is 25.2 Å². The molecule has 0 amide bonds. The first-order chi connectivity index (χ1) is 11.8. The van der Waals surface area contributed by atoms with Gasteiger partial charge in [0.1, 0.15) is 17.8 Å². The Morgan fingerprint density at radius 3 is 2.04 bits per heavy atom. The lowest BCUT2D eigenvalue weighted by molar-refractivity contribution is -0.206. The summed E-state index contributed by atoms with van der Waals surface area (Å²) >= 11 is 0. The van der Waals surface area contributed by atoms with E-state index in [0.29, 0.717) is 32.1 Å². The maximum atomic E-state index is 12.0. The van der Waals surface area contributed by atoms with Gasteiger partial charge in [-0.25, -0.2) is 0 Å². The Morgan fingerprint density at radius 1 is 0.960 bits per heavy atom. The highest BCUT2D eigenvalue weighted by Gasteiger charge is 2.50. The molecule has 1 aliphatic carbocycles. The van der Waals surface area contributed by atoms with Gasteiger partial charge in [-0.15, -0.1) is 0 Å². The highest BCUT2D eigenvalue weighted by atomic mass is 16.6. The first-order valence-electron chi connectivity index (χ1n) is 9.37. The lowest BCUT2D eigenvalue weighted by Crippen LogP contribution is -2.54. The van der Waals surface area contributed by atoms with E-state index in [1.165, 1.54) is 0 Å². The van der Waals surface area contributed by atoms with Crippen molar-refractivity contribution < 1.29 is 28.6 Å². The zero-order valence-corrected chi connectivity index (χ0v) is 16.1. The van der Waals surface area contributed by atoms with Crippen LogP contribution in [0.3, 0.4) is 0 Å². The van der Waals surface area contributed by atoms with E-state index in [0.717, 1.165) is 0 Å². The summed E-state index contributed by atoms with van der Waals surface area (Å²) in [7, 11) is 0. The number of ether oxygens (including phenoxy) is 3. The molecule has 1 saturated carbocycles.